The maximum Gasteiger partial charge on any atom is 0.226 e. The van der Waals surface area contributed by atoms with Crippen molar-refractivity contribution in [2.75, 3.05) is 34.8 Å². The molecule has 2 rings (SSSR count). The highest BCUT2D eigenvalue weighted by Gasteiger charge is 2.21. The van der Waals surface area contributed by atoms with E-state index in [-0.39, 0.29) is 18.9 Å². The van der Waals surface area contributed by atoms with Gasteiger partial charge >= 0.3 is 0 Å². The Morgan fingerprint density at radius 2 is 1.54 bits per heavy atom. The first-order valence-corrected chi connectivity index (χ1v) is 9.24. The highest BCUT2D eigenvalue weighted by Crippen LogP contribution is 2.24. The molecule has 5 nitrogen and oxygen atoms in total. The van der Waals surface area contributed by atoms with Crippen LogP contribution in [0.25, 0.3) is 0 Å². The SMILES string of the molecule is CCN(CC)c1ccc(NC(=O)CCN(C(C)=O)c2c(F)cccc2F)cc1. The van der Waals surface area contributed by atoms with Gasteiger partial charge in [-0.05, 0) is 50.2 Å². The molecule has 0 unspecified atom stereocenters. The maximum absolute atomic E-state index is 14.0. The second-order valence-corrected chi connectivity index (χ2v) is 6.26. The molecule has 150 valence electrons. The van der Waals surface area contributed by atoms with Crippen molar-refractivity contribution in [3.05, 3.63) is 54.1 Å². The number of benzene rings is 2. The van der Waals surface area contributed by atoms with Crippen LogP contribution in [0, 0.1) is 11.6 Å². The van der Waals surface area contributed by atoms with Gasteiger partial charge in [0.1, 0.15) is 17.3 Å². The lowest BCUT2D eigenvalue weighted by atomic mass is 10.2. The number of para-hydroxylation sites is 1. The predicted molar refractivity (Wildman–Crippen MR) is 108 cm³/mol. The van der Waals surface area contributed by atoms with Gasteiger partial charge in [0.2, 0.25) is 11.8 Å². The van der Waals surface area contributed by atoms with Crippen molar-refractivity contribution in [1.29, 1.82) is 0 Å². The lowest BCUT2D eigenvalue weighted by molar-refractivity contribution is -0.117. The first kappa shape index (κ1) is 21.3. The third-order valence-electron chi connectivity index (χ3n) is 4.43. The molecule has 28 heavy (non-hydrogen) atoms. The van der Waals surface area contributed by atoms with Gasteiger partial charge in [-0.3, -0.25) is 9.59 Å². The van der Waals surface area contributed by atoms with Gasteiger partial charge in [-0.25, -0.2) is 8.78 Å². The van der Waals surface area contributed by atoms with Gasteiger partial charge in [0.25, 0.3) is 0 Å². The van der Waals surface area contributed by atoms with Crippen LogP contribution in [-0.4, -0.2) is 31.4 Å². The minimum Gasteiger partial charge on any atom is -0.372 e. The molecule has 0 bridgehead atoms. The van der Waals surface area contributed by atoms with Gasteiger partial charge < -0.3 is 15.1 Å². The number of amides is 2. The number of carbonyl (C=O) groups excluding carboxylic acids is 2. The molecule has 0 radical (unpaired) electrons. The van der Waals surface area contributed by atoms with Crippen LogP contribution in [0.15, 0.2) is 42.5 Å². The first-order valence-electron chi connectivity index (χ1n) is 9.24. The van der Waals surface area contributed by atoms with E-state index in [0.29, 0.717) is 5.69 Å². The van der Waals surface area contributed by atoms with Crippen molar-refractivity contribution in [1.82, 2.24) is 0 Å². The van der Waals surface area contributed by atoms with Crippen molar-refractivity contribution in [3.63, 3.8) is 0 Å². The Morgan fingerprint density at radius 3 is 2.04 bits per heavy atom. The maximum atomic E-state index is 14.0. The Bertz CT molecular complexity index is 801. The van der Waals surface area contributed by atoms with Crippen molar-refractivity contribution in [2.24, 2.45) is 0 Å². The van der Waals surface area contributed by atoms with Crippen molar-refractivity contribution >= 4 is 28.9 Å². The summed E-state index contributed by atoms with van der Waals surface area (Å²) in [5.41, 5.74) is 1.24. The van der Waals surface area contributed by atoms with Crippen LogP contribution in [-0.2, 0) is 9.59 Å². The smallest absolute Gasteiger partial charge is 0.226 e. The van der Waals surface area contributed by atoms with E-state index in [4.69, 9.17) is 0 Å². The third kappa shape index (κ3) is 5.28. The summed E-state index contributed by atoms with van der Waals surface area (Å²) in [7, 11) is 0. The summed E-state index contributed by atoms with van der Waals surface area (Å²) in [5, 5.41) is 2.74. The van der Waals surface area contributed by atoms with E-state index in [1.807, 2.05) is 12.1 Å². The van der Waals surface area contributed by atoms with Crippen LogP contribution in [0.3, 0.4) is 0 Å². The van der Waals surface area contributed by atoms with Crippen LogP contribution in [0.4, 0.5) is 25.8 Å². The molecule has 0 saturated carbocycles. The zero-order valence-corrected chi connectivity index (χ0v) is 16.3. The fraction of sp³-hybridized carbons (Fsp3) is 0.333. The summed E-state index contributed by atoms with van der Waals surface area (Å²) in [6.45, 7) is 6.98. The molecule has 1 N–H and O–H groups in total. The summed E-state index contributed by atoms with van der Waals surface area (Å²) in [6, 6.07) is 10.8. The molecule has 7 heteroatoms. The molecule has 2 aromatic carbocycles. The molecular formula is C21H25F2N3O2. The minimum atomic E-state index is -0.845. The van der Waals surface area contributed by atoms with Crippen molar-refractivity contribution in [2.45, 2.75) is 27.2 Å². The fourth-order valence-corrected chi connectivity index (χ4v) is 2.95. The van der Waals surface area contributed by atoms with Crippen LogP contribution >= 0.6 is 0 Å². The summed E-state index contributed by atoms with van der Waals surface area (Å²) in [4.78, 5) is 27.2. The van der Waals surface area contributed by atoms with E-state index in [1.54, 1.807) is 12.1 Å². The zero-order chi connectivity index (χ0) is 20.7. The standard InChI is InChI=1S/C21H25F2N3O2/c1-4-25(5-2)17-11-9-16(10-12-17)24-20(28)13-14-26(15(3)27)21-18(22)7-6-8-19(21)23/h6-12H,4-5,13-14H2,1-3H3,(H,24,28). The molecule has 0 spiro atoms. The topological polar surface area (TPSA) is 52.7 Å². The molecule has 0 aliphatic carbocycles. The minimum absolute atomic E-state index is 0.0921. The van der Waals surface area contributed by atoms with Gasteiger partial charge in [-0.15, -0.1) is 0 Å². The number of rotatable bonds is 8. The van der Waals surface area contributed by atoms with E-state index in [1.165, 1.54) is 13.0 Å². The van der Waals surface area contributed by atoms with E-state index in [0.717, 1.165) is 35.8 Å². The van der Waals surface area contributed by atoms with Crippen LogP contribution in [0.1, 0.15) is 27.2 Å². The van der Waals surface area contributed by atoms with E-state index in [2.05, 4.69) is 24.1 Å². The monoisotopic (exact) mass is 389 g/mol. The summed E-state index contributed by atoms with van der Waals surface area (Å²) < 4.78 is 27.9. The number of carbonyl (C=O) groups is 2. The van der Waals surface area contributed by atoms with Gasteiger partial charge in [0.05, 0.1) is 0 Å². The molecule has 0 heterocycles. The van der Waals surface area contributed by atoms with Gasteiger partial charge in [-0.1, -0.05) is 6.07 Å². The second-order valence-electron chi connectivity index (χ2n) is 6.26. The summed E-state index contributed by atoms with van der Waals surface area (Å²) in [5.74, 6) is -2.58. The quantitative estimate of drug-likeness (QED) is 0.736. The molecule has 0 aliphatic heterocycles. The second kappa shape index (κ2) is 9.82. The van der Waals surface area contributed by atoms with Crippen LogP contribution in [0.2, 0.25) is 0 Å². The predicted octanol–water partition coefficient (Wildman–Crippen LogP) is 4.19. The highest BCUT2D eigenvalue weighted by molar-refractivity contribution is 5.95. The van der Waals surface area contributed by atoms with E-state index >= 15 is 0 Å². The lowest BCUT2D eigenvalue weighted by Crippen LogP contribution is -2.33. The van der Waals surface area contributed by atoms with Gasteiger partial charge in [0, 0.05) is 44.4 Å². The Hall–Kier alpha value is -2.96. The molecule has 0 atom stereocenters. The summed E-state index contributed by atoms with van der Waals surface area (Å²) in [6.07, 6.45) is -0.0921. The van der Waals surface area contributed by atoms with Crippen molar-refractivity contribution in [3.8, 4) is 0 Å². The fourth-order valence-electron chi connectivity index (χ4n) is 2.95. The van der Waals surface area contributed by atoms with Gasteiger partial charge in [-0.2, -0.15) is 0 Å². The first-order chi connectivity index (χ1) is 13.4. The molecule has 2 aromatic rings. The molecule has 2 amide bonds. The number of anilines is 3. The number of halogens is 2. The lowest BCUT2D eigenvalue weighted by Gasteiger charge is -2.22. The molecule has 0 aliphatic rings. The zero-order valence-electron chi connectivity index (χ0n) is 16.3. The Labute approximate surface area is 163 Å². The van der Waals surface area contributed by atoms with E-state index < -0.39 is 23.2 Å². The van der Waals surface area contributed by atoms with Gasteiger partial charge in [0.15, 0.2) is 0 Å². The summed E-state index contributed by atoms with van der Waals surface area (Å²) >= 11 is 0. The number of hydrogen-bond donors (Lipinski definition) is 1. The number of hydrogen-bond acceptors (Lipinski definition) is 3. The molecule has 0 fully saturated rings. The van der Waals surface area contributed by atoms with Crippen LogP contribution < -0.4 is 15.1 Å². The van der Waals surface area contributed by atoms with Crippen molar-refractivity contribution < 1.29 is 18.4 Å². The van der Waals surface area contributed by atoms with E-state index in [9.17, 15) is 18.4 Å². The largest absolute Gasteiger partial charge is 0.372 e. The Kier molecular flexibility index (Phi) is 7.49. The molecule has 0 aromatic heterocycles. The third-order valence-corrected chi connectivity index (χ3v) is 4.43. The average Bonchev–Trinajstić information content (AvgIpc) is 2.66. The normalized spacial score (nSPS) is 10.5. The highest BCUT2D eigenvalue weighted by atomic mass is 19.1. The molecular weight excluding hydrogens is 364 g/mol. The van der Waals surface area contributed by atoms with Crippen LogP contribution in [0.5, 0.6) is 0 Å². The number of nitrogens with one attached hydrogen (secondary N) is 1. The number of nitrogens with zero attached hydrogens (tertiary/aromatic N) is 2. The average molecular weight is 389 g/mol. The molecule has 0 saturated heterocycles. The Morgan fingerprint density at radius 1 is 0.964 bits per heavy atom. The Balaban J connectivity index is 2.01.